The van der Waals surface area contributed by atoms with Gasteiger partial charge in [-0.1, -0.05) is 12.1 Å². The van der Waals surface area contributed by atoms with Crippen LogP contribution in [0.15, 0.2) is 4.52 Å². The lowest BCUT2D eigenvalue weighted by Crippen LogP contribution is -1.91. The zero-order valence-corrected chi connectivity index (χ0v) is 6.33. The fourth-order valence-corrected chi connectivity index (χ4v) is 0.878. The Bertz CT molecular complexity index is 279. The molecule has 0 radical (unpaired) electrons. The third-order valence-electron chi connectivity index (χ3n) is 1.40. The first-order valence-electron chi connectivity index (χ1n) is 3.26. The van der Waals surface area contributed by atoms with E-state index in [0.29, 0.717) is 17.9 Å². The van der Waals surface area contributed by atoms with Crippen molar-refractivity contribution in [2.75, 3.05) is 0 Å². The molecule has 0 aromatic carbocycles. The lowest BCUT2D eigenvalue weighted by molar-refractivity contribution is -0.386. The minimum atomic E-state index is -0.468. The van der Waals surface area contributed by atoms with Gasteiger partial charge in [0, 0.05) is 6.42 Å². The Balaban J connectivity index is 3.17. The van der Waals surface area contributed by atoms with Gasteiger partial charge in [0.1, 0.15) is 0 Å². The summed E-state index contributed by atoms with van der Waals surface area (Å²) in [5, 5.41) is 13.9. The van der Waals surface area contributed by atoms with Crippen molar-refractivity contribution in [3.05, 3.63) is 21.6 Å². The second-order valence-electron chi connectivity index (χ2n) is 2.15. The number of nitro groups is 1. The molecule has 0 fully saturated rings. The Morgan fingerprint density at radius 2 is 2.36 bits per heavy atom. The zero-order valence-electron chi connectivity index (χ0n) is 6.33. The Morgan fingerprint density at radius 3 is 2.73 bits per heavy atom. The van der Waals surface area contributed by atoms with Crippen molar-refractivity contribution in [2.24, 2.45) is 0 Å². The van der Waals surface area contributed by atoms with Gasteiger partial charge in [0.15, 0.2) is 5.69 Å². The summed E-state index contributed by atoms with van der Waals surface area (Å²) in [4.78, 5) is 9.90. The normalized spacial score (nSPS) is 10.0. The van der Waals surface area contributed by atoms with Gasteiger partial charge in [-0.3, -0.25) is 10.1 Å². The van der Waals surface area contributed by atoms with Crippen LogP contribution < -0.4 is 0 Å². The van der Waals surface area contributed by atoms with Crippen molar-refractivity contribution in [1.82, 2.24) is 5.16 Å². The van der Waals surface area contributed by atoms with E-state index in [-0.39, 0.29) is 5.69 Å². The highest BCUT2D eigenvalue weighted by Gasteiger charge is 2.21. The molecule has 0 amide bonds. The molecule has 5 heteroatoms. The van der Waals surface area contributed by atoms with E-state index < -0.39 is 4.92 Å². The predicted octanol–water partition coefficient (Wildman–Crippen LogP) is 1.45. The Morgan fingerprint density at radius 1 is 1.73 bits per heavy atom. The molecule has 0 spiro atoms. The zero-order chi connectivity index (χ0) is 8.43. The topological polar surface area (TPSA) is 69.2 Å². The summed E-state index contributed by atoms with van der Waals surface area (Å²) in [6.07, 6.45) is 0.497. The molecule has 0 aliphatic carbocycles. The van der Waals surface area contributed by atoms with Crippen LogP contribution in [0, 0.1) is 17.0 Å². The van der Waals surface area contributed by atoms with Gasteiger partial charge >= 0.3 is 5.69 Å². The van der Waals surface area contributed by atoms with E-state index in [4.69, 9.17) is 4.52 Å². The molecular weight excluding hydrogens is 148 g/mol. The van der Waals surface area contributed by atoms with E-state index in [0.717, 1.165) is 0 Å². The van der Waals surface area contributed by atoms with Gasteiger partial charge < -0.3 is 4.52 Å². The first kappa shape index (κ1) is 7.71. The molecule has 1 rings (SSSR count). The number of aromatic nitrogens is 1. The number of aryl methyl sites for hydroxylation is 2. The molecule has 0 aliphatic rings. The van der Waals surface area contributed by atoms with Crippen LogP contribution in [0.25, 0.3) is 0 Å². The quantitative estimate of drug-likeness (QED) is 0.480. The van der Waals surface area contributed by atoms with Gasteiger partial charge in [0.05, 0.1) is 4.92 Å². The smallest absolute Gasteiger partial charge is 0.334 e. The SMILES string of the molecule is CCc1onc(C)c1[N+](=O)[O-]. The summed E-state index contributed by atoms with van der Waals surface area (Å²) in [6.45, 7) is 3.34. The lowest BCUT2D eigenvalue weighted by Gasteiger charge is -1.87. The standard InChI is InChI=1S/C6H8N2O3/c1-3-5-6(8(9)10)4(2)7-11-5/h3H2,1-2H3. The summed E-state index contributed by atoms with van der Waals surface area (Å²) in [7, 11) is 0. The molecule has 5 nitrogen and oxygen atoms in total. The Labute approximate surface area is 63.1 Å². The fraction of sp³-hybridized carbons (Fsp3) is 0.500. The van der Waals surface area contributed by atoms with E-state index in [9.17, 15) is 10.1 Å². The number of rotatable bonds is 2. The Hall–Kier alpha value is -1.39. The molecule has 1 aromatic heterocycles. The van der Waals surface area contributed by atoms with Gasteiger partial charge in [-0.15, -0.1) is 0 Å². The largest absolute Gasteiger partial charge is 0.354 e. The van der Waals surface area contributed by atoms with Crippen LogP contribution in [0.4, 0.5) is 5.69 Å². The minimum absolute atomic E-state index is 0.00694. The maximum absolute atomic E-state index is 10.4. The molecule has 0 bridgehead atoms. The molecule has 11 heavy (non-hydrogen) atoms. The number of nitrogens with zero attached hydrogens (tertiary/aromatic N) is 2. The highest BCUT2D eigenvalue weighted by Crippen LogP contribution is 2.22. The van der Waals surface area contributed by atoms with Crippen LogP contribution in [0.2, 0.25) is 0 Å². The average Bonchev–Trinajstić information content (AvgIpc) is 2.30. The minimum Gasteiger partial charge on any atom is -0.354 e. The van der Waals surface area contributed by atoms with Crippen LogP contribution in [0.1, 0.15) is 18.4 Å². The van der Waals surface area contributed by atoms with E-state index in [1.54, 1.807) is 13.8 Å². The first-order valence-corrected chi connectivity index (χ1v) is 3.26. The third-order valence-corrected chi connectivity index (χ3v) is 1.40. The van der Waals surface area contributed by atoms with E-state index >= 15 is 0 Å². The molecule has 0 N–H and O–H groups in total. The van der Waals surface area contributed by atoms with Gasteiger partial charge in [-0.2, -0.15) is 0 Å². The number of hydrogen-bond donors (Lipinski definition) is 0. The van der Waals surface area contributed by atoms with Crippen LogP contribution in [-0.2, 0) is 6.42 Å². The molecule has 0 saturated carbocycles. The van der Waals surface area contributed by atoms with E-state index in [1.807, 2.05) is 0 Å². The van der Waals surface area contributed by atoms with Crippen molar-refractivity contribution >= 4 is 5.69 Å². The summed E-state index contributed by atoms with van der Waals surface area (Å²) >= 11 is 0. The summed E-state index contributed by atoms with van der Waals surface area (Å²) in [5.41, 5.74) is 0.347. The van der Waals surface area contributed by atoms with Gasteiger partial charge in [-0.05, 0) is 6.92 Å². The second kappa shape index (κ2) is 2.69. The highest BCUT2D eigenvalue weighted by atomic mass is 16.6. The summed E-state index contributed by atoms with van der Waals surface area (Å²) in [6, 6.07) is 0. The molecule has 0 aliphatic heterocycles. The number of hydrogen-bond acceptors (Lipinski definition) is 4. The molecule has 0 unspecified atom stereocenters. The van der Waals surface area contributed by atoms with Gasteiger partial charge in [-0.25, -0.2) is 0 Å². The Kier molecular flexibility index (Phi) is 1.89. The van der Waals surface area contributed by atoms with Crippen LogP contribution in [-0.4, -0.2) is 10.1 Å². The van der Waals surface area contributed by atoms with Crippen LogP contribution in [0.3, 0.4) is 0 Å². The first-order chi connectivity index (χ1) is 5.16. The van der Waals surface area contributed by atoms with Crippen molar-refractivity contribution in [3.8, 4) is 0 Å². The summed E-state index contributed by atoms with van der Waals surface area (Å²) < 4.78 is 4.71. The van der Waals surface area contributed by atoms with E-state index in [2.05, 4.69) is 5.16 Å². The van der Waals surface area contributed by atoms with Gasteiger partial charge in [0.2, 0.25) is 5.76 Å². The average molecular weight is 156 g/mol. The molecule has 1 heterocycles. The van der Waals surface area contributed by atoms with Crippen LogP contribution in [0.5, 0.6) is 0 Å². The monoisotopic (exact) mass is 156 g/mol. The van der Waals surface area contributed by atoms with Crippen molar-refractivity contribution in [1.29, 1.82) is 0 Å². The lowest BCUT2D eigenvalue weighted by atomic mass is 10.3. The molecule has 60 valence electrons. The molecule has 1 aromatic rings. The third kappa shape index (κ3) is 1.21. The highest BCUT2D eigenvalue weighted by molar-refractivity contribution is 5.37. The second-order valence-corrected chi connectivity index (χ2v) is 2.15. The van der Waals surface area contributed by atoms with E-state index in [1.165, 1.54) is 0 Å². The molecule has 0 saturated heterocycles. The van der Waals surface area contributed by atoms with Crippen LogP contribution >= 0.6 is 0 Å². The fourth-order valence-electron chi connectivity index (χ4n) is 0.878. The summed E-state index contributed by atoms with van der Waals surface area (Å²) in [5.74, 6) is 0.340. The molecule has 0 atom stereocenters. The predicted molar refractivity (Wildman–Crippen MR) is 37.3 cm³/mol. The van der Waals surface area contributed by atoms with Gasteiger partial charge in [0.25, 0.3) is 0 Å². The van der Waals surface area contributed by atoms with Crippen molar-refractivity contribution in [2.45, 2.75) is 20.3 Å². The van der Waals surface area contributed by atoms with Crippen molar-refractivity contribution in [3.63, 3.8) is 0 Å². The maximum Gasteiger partial charge on any atom is 0.334 e. The van der Waals surface area contributed by atoms with Crippen molar-refractivity contribution < 1.29 is 9.45 Å². The maximum atomic E-state index is 10.4. The molecular formula is C6H8N2O3.